The fourth-order valence-electron chi connectivity index (χ4n) is 2.46. The Morgan fingerprint density at radius 1 is 1.00 bits per heavy atom. The molecule has 2 aromatic carbocycles. The van der Waals surface area contributed by atoms with Crippen LogP contribution in [0.4, 0.5) is 0 Å². The molecular weight excluding hydrogens is 346 g/mol. The van der Waals surface area contributed by atoms with E-state index in [1.54, 1.807) is 36.4 Å². The van der Waals surface area contributed by atoms with Crippen molar-refractivity contribution in [3.05, 3.63) is 59.2 Å². The third-order valence-electron chi connectivity index (χ3n) is 3.89. The summed E-state index contributed by atoms with van der Waals surface area (Å²) < 4.78 is 11.3. The van der Waals surface area contributed by atoms with E-state index in [1.165, 1.54) is 6.07 Å². The maximum Gasteiger partial charge on any atom is 0.335 e. The van der Waals surface area contributed by atoms with E-state index < -0.39 is 5.97 Å². The lowest BCUT2D eigenvalue weighted by molar-refractivity contribution is 0.0696. The molecule has 0 atom stereocenters. The van der Waals surface area contributed by atoms with Crippen molar-refractivity contribution in [2.75, 3.05) is 13.2 Å². The molecular formula is C21H25NO5. The van der Waals surface area contributed by atoms with Gasteiger partial charge >= 0.3 is 5.97 Å². The molecule has 0 spiro atoms. The molecule has 0 radical (unpaired) electrons. The highest BCUT2D eigenvalue weighted by atomic mass is 16.5. The van der Waals surface area contributed by atoms with Gasteiger partial charge in [0.1, 0.15) is 0 Å². The lowest BCUT2D eigenvalue weighted by atomic mass is 10.1. The summed E-state index contributed by atoms with van der Waals surface area (Å²) in [5.41, 5.74) is 1.36. The number of hydrogen-bond donors (Lipinski definition) is 2. The van der Waals surface area contributed by atoms with Crippen LogP contribution in [-0.2, 0) is 6.54 Å². The number of nitrogens with one attached hydrogen (secondary N) is 1. The van der Waals surface area contributed by atoms with Crippen molar-refractivity contribution in [2.45, 2.75) is 33.2 Å². The van der Waals surface area contributed by atoms with Crippen molar-refractivity contribution in [1.29, 1.82) is 0 Å². The minimum atomic E-state index is -0.997. The second-order valence-corrected chi connectivity index (χ2v) is 5.98. The van der Waals surface area contributed by atoms with Gasteiger partial charge in [-0.15, -0.1) is 0 Å². The molecule has 2 N–H and O–H groups in total. The third kappa shape index (κ3) is 6.02. The Morgan fingerprint density at radius 3 is 2.52 bits per heavy atom. The maximum atomic E-state index is 12.4. The van der Waals surface area contributed by atoms with Gasteiger partial charge in [-0.1, -0.05) is 25.5 Å². The van der Waals surface area contributed by atoms with E-state index in [0.717, 1.165) is 12.8 Å². The molecule has 0 saturated heterocycles. The second-order valence-electron chi connectivity index (χ2n) is 5.98. The molecule has 0 bridgehead atoms. The van der Waals surface area contributed by atoms with Crippen LogP contribution in [0.15, 0.2) is 42.5 Å². The average molecular weight is 371 g/mol. The van der Waals surface area contributed by atoms with Crippen LogP contribution in [0.5, 0.6) is 11.5 Å². The van der Waals surface area contributed by atoms with Crippen LogP contribution in [0.25, 0.3) is 0 Å². The van der Waals surface area contributed by atoms with Crippen molar-refractivity contribution in [3.8, 4) is 11.5 Å². The molecule has 0 aliphatic rings. The van der Waals surface area contributed by atoms with Gasteiger partial charge in [0.25, 0.3) is 5.91 Å². The first-order valence-electron chi connectivity index (χ1n) is 9.05. The number of carboxylic acids is 1. The first-order chi connectivity index (χ1) is 13.0. The minimum Gasteiger partial charge on any atom is -0.490 e. The average Bonchev–Trinajstić information content (AvgIpc) is 2.67. The standard InChI is InChI=1S/C21H25NO5/c1-3-5-11-27-18-10-9-16(13-19(18)26-4-2)20(23)22-14-15-7-6-8-17(12-15)21(24)25/h6-10,12-13H,3-5,11,14H2,1-2H3,(H,22,23)(H,24,25). The molecule has 27 heavy (non-hydrogen) atoms. The molecule has 1 amide bonds. The summed E-state index contributed by atoms with van der Waals surface area (Å²) in [7, 11) is 0. The number of hydrogen-bond acceptors (Lipinski definition) is 4. The summed E-state index contributed by atoms with van der Waals surface area (Å²) >= 11 is 0. The molecule has 2 aromatic rings. The predicted molar refractivity (Wildman–Crippen MR) is 103 cm³/mol. The first kappa shape index (κ1) is 20.3. The summed E-state index contributed by atoms with van der Waals surface area (Å²) in [6.07, 6.45) is 1.98. The first-order valence-corrected chi connectivity index (χ1v) is 9.05. The van der Waals surface area contributed by atoms with Gasteiger partial charge in [0.05, 0.1) is 18.8 Å². The summed E-state index contributed by atoms with van der Waals surface area (Å²) in [6.45, 7) is 5.27. The normalized spacial score (nSPS) is 10.3. The number of unbranched alkanes of at least 4 members (excludes halogenated alkanes) is 1. The van der Waals surface area contributed by atoms with E-state index >= 15 is 0 Å². The monoisotopic (exact) mass is 371 g/mol. The van der Waals surface area contributed by atoms with Gasteiger partial charge in [-0.2, -0.15) is 0 Å². The van der Waals surface area contributed by atoms with Crippen molar-refractivity contribution in [1.82, 2.24) is 5.32 Å². The highest BCUT2D eigenvalue weighted by molar-refractivity contribution is 5.95. The van der Waals surface area contributed by atoms with Gasteiger partial charge < -0.3 is 19.9 Å². The highest BCUT2D eigenvalue weighted by Crippen LogP contribution is 2.28. The van der Waals surface area contributed by atoms with E-state index in [-0.39, 0.29) is 18.0 Å². The van der Waals surface area contributed by atoms with Crippen molar-refractivity contribution in [3.63, 3.8) is 0 Å². The van der Waals surface area contributed by atoms with E-state index in [1.807, 2.05) is 6.92 Å². The minimum absolute atomic E-state index is 0.189. The van der Waals surface area contributed by atoms with Gasteiger partial charge in [-0.25, -0.2) is 4.79 Å². The van der Waals surface area contributed by atoms with Crippen molar-refractivity contribution >= 4 is 11.9 Å². The van der Waals surface area contributed by atoms with Gasteiger partial charge in [-0.05, 0) is 49.2 Å². The number of carbonyl (C=O) groups is 2. The molecule has 0 aromatic heterocycles. The number of carboxylic acid groups (broad SMARTS) is 1. The Labute approximate surface area is 159 Å². The molecule has 0 saturated carbocycles. The Hall–Kier alpha value is -3.02. The van der Waals surface area contributed by atoms with Crippen LogP contribution in [0.1, 0.15) is 53.0 Å². The summed E-state index contributed by atoms with van der Waals surface area (Å²) in [5.74, 6) is -0.106. The fourth-order valence-corrected chi connectivity index (χ4v) is 2.46. The number of rotatable bonds is 10. The zero-order chi connectivity index (χ0) is 19.6. The Bertz CT molecular complexity index is 788. The number of carbonyl (C=O) groups excluding carboxylic acids is 1. The third-order valence-corrected chi connectivity index (χ3v) is 3.89. The van der Waals surface area contributed by atoms with Crippen LogP contribution in [0.2, 0.25) is 0 Å². The number of aromatic carboxylic acids is 1. The van der Waals surface area contributed by atoms with Crippen LogP contribution in [0.3, 0.4) is 0 Å². The van der Waals surface area contributed by atoms with Crippen molar-refractivity contribution in [2.24, 2.45) is 0 Å². The molecule has 0 unspecified atom stereocenters. The largest absolute Gasteiger partial charge is 0.490 e. The summed E-state index contributed by atoms with van der Waals surface area (Å²) in [4.78, 5) is 23.5. The van der Waals surface area contributed by atoms with Crippen LogP contribution >= 0.6 is 0 Å². The molecule has 144 valence electrons. The summed E-state index contributed by atoms with van der Waals surface area (Å²) in [6, 6.07) is 11.6. The molecule has 6 nitrogen and oxygen atoms in total. The Morgan fingerprint density at radius 2 is 1.81 bits per heavy atom. The van der Waals surface area contributed by atoms with E-state index in [9.17, 15) is 9.59 Å². The molecule has 6 heteroatoms. The fraction of sp³-hybridized carbons (Fsp3) is 0.333. The van der Waals surface area contributed by atoms with Crippen molar-refractivity contribution < 1.29 is 24.2 Å². The molecule has 2 rings (SSSR count). The van der Waals surface area contributed by atoms with Crippen LogP contribution in [0, 0.1) is 0 Å². The number of amides is 1. The SMILES string of the molecule is CCCCOc1ccc(C(=O)NCc2cccc(C(=O)O)c2)cc1OCC. The van der Waals surface area contributed by atoms with Crippen LogP contribution in [-0.4, -0.2) is 30.2 Å². The van der Waals surface area contributed by atoms with E-state index in [2.05, 4.69) is 12.2 Å². The zero-order valence-corrected chi connectivity index (χ0v) is 15.7. The second kappa shape index (κ2) is 10.2. The highest BCUT2D eigenvalue weighted by Gasteiger charge is 2.12. The molecule has 0 heterocycles. The quantitative estimate of drug-likeness (QED) is 0.619. The number of benzene rings is 2. The van der Waals surface area contributed by atoms with Gasteiger partial charge in [0.2, 0.25) is 0 Å². The van der Waals surface area contributed by atoms with E-state index in [0.29, 0.717) is 35.8 Å². The lowest BCUT2D eigenvalue weighted by Crippen LogP contribution is -2.23. The number of ether oxygens (including phenoxy) is 2. The lowest BCUT2D eigenvalue weighted by Gasteiger charge is -2.13. The van der Waals surface area contributed by atoms with Gasteiger partial charge in [0.15, 0.2) is 11.5 Å². The summed E-state index contributed by atoms with van der Waals surface area (Å²) in [5, 5.41) is 11.8. The maximum absolute atomic E-state index is 12.4. The molecule has 0 fully saturated rings. The van der Waals surface area contributed by atoms with E-state index in [4.69, 9.17) is 14.6 Å². The van der Waals surface area contributed by atoms with Gasteiger partial charge in [-0.3, -0.25) is 4.79 Å². The molecule has 0 aliphatic heterocycles. The van der Waals surface area contributed by atoms with Gasteiger partial charge in [0, 0.05) is 12.1 Å². The topological polar surface area (TPSA) is 84.9 Å². The predicted octanol–water partition coefficient (Wildman–Crippen LogP) is 3.89. The molecule has 0 aliphatic carbocycles. The van der Waals surface area contributed by atoms with Crippen LogP contribution < -0.4 is 14.8 Å². The Kier molecular flexibility index (Phi) is 7.67. The Balaban J connectivity index is 2.05. The smallest absolute Gasteiger partial charge is 0.335 e. The zero-order valence-electron chi connectivity index (χ0n) is 15.7.